The molecule has 0 atom stereocenters. The zero-order valence-corrected chi connectivity index (χ0v) is 16.2. The van der Waals surface area contributed by atoms with Gasteiger partial charge in [0.15, 0.2) is 12.4 Å². The number of ketones is 1. The predicted molar refractivity (Wildman–Crippen MR) is 105 cm³/mol. The maximum absolute atomic E-state index is 13.0. The van der Waals surface area contributed by atoms with Crippen LogP contribution in [0.4, 0.5) is 18.9 Å². The second kappa shape index (κ2) is 8.86. The maximum atomic E-state index is 13.0. The molecule has 0 bridgehead atoms. The number of esters is 1. The SMILES string of the molecule is CC(=O)c1ccc(-c2ccc(C(=O)OCC(=O)Nc3ccccc3C(F)(F)F)o2)cc1. The Bertz CT molecular complexity index is 1120. The van der Waals surface area contributed by atoms with Crippen LogP contribution in [0.5, 0.6) is 0 Å². The van der Waals surface area contributed by atoms with Gasteiger partial charge < -0.3 is 14.5 Å². The highest BCUT2D eigenvalue weighted by Crippen LogP contribution is 2.34. The Balaban J connectivity index is 1.60. The van der Waals surface area contributed by atoms with Crippen molar-refractivity contribution in [1.82, 2.24) is 0 Å². The standard InChI is InChI=1S/C22H16F3NO5/c1-13(27)14-6-8-15(9-7-14)18-10-11-19(31-18)21(29)30-12-20(28)26-17-5-3-2-4-16(17)22(23,24)25/h2-11H,12H2,1H3,(H,26,28). The molecule has 1 N–H and O–H groups in total. The van der Waals surface area contributed by atoms with Gasteiger partial charge in [-0.15, -0.1) is 0 Å². The monoisotopic (exact) mass is 431 g/mol. The summed E-state index contributed by atoms with van der Waals surface area (Å²) in [4.78, 5) is 35.3. The van der Waals surface area contributed by atoms with E-state index in [4.69, 9.17) is 9.15 Å². The Kier molecular flexibility index (Phi) is 6.24. The van der Waals surface area contributed by atoms with Gasteiger partial charge in [0.1, 0.15) is 5.76 Å². The molecule has 6 nitrogen and oxygen atoms in total. The number of nitrogens with one attached hydrogen (secondary N) is 1. The van der Waals surface area contributed by atoms with E-state index in [0.717, 1.165) is 12.1 Å². The molecular formula is C22H16F3NO5. The molecule has 0 aliphatic rings. The van der Waals surface area contributed by atoms with Gasteiger partial charge in [0.25, 0.3) is 5.91 Å². The number of anilines is 1. The Labute approximate surface area is 174 Å². The molecule has 3 aromatic rings. The number of ether oxygens (including phenoxy) is 1. The van der Waals surface area contributed by atoms with Crippen molar-refractivity contribution >= 4 is 23.3 Å². The first kappa shape index (κ1) is 21.8. The van der Waals surface area contributed by atoms with Crippen LogP contribution in [-0.4, -0.2) is 24.3 Å². The van der Waals surface area contributed by atoms with Gasteiger partial charge in [-0.1, -0.05) is 36.4 Å². The summed E-state index contributed by atoms with van der Waals surface area (Å²) in [6.07, 6.45) is -4.65. The fraction of sp³-hybridized carbons (Fsp3) is 0.136. The first-order chi connectivity index (χ1) is 14.6. The van der Waals surface area contributed by atoms with Crippen molar-refractivity contribution in [3.8, 4) is 11.3 Å². The van der Waals surface area contributed by atoms with Crippen molar-refractivity contribution in [2.45, 2.75) is 13.1 Å². The summed E-state index contributed by atoms with van der Waals surface area (Å²) >= 11 is 0. The van der Waals surface area contributed by atoms with Gasteiger partial charge in [0.2, 0.25) is 5.76 Å². The van der Waals surface area contributed by atoms with Crippen LogP contribution in [0.25, 0.3) is 11.3 Å². The van der Waals surface area contributed by atoms with E-state index in [-0.39, 0.29) is 11.5 Å². The summed E-state index contributed by atoms with van der Waals surface area (Å²) in [5.41, 5.74) is -0.315. The highest BCUT2D eigenvalue weighted by molar-refractivity contribution is 5.96. The molecule has 31 heavy (non-hydrogen) atoms. The molecule has 2 aromatic carbocycles. The molecule has 0 fully saturated rings. The van der Waals surface area contributed by atoms with Crippen LogP contribution in [0.3, 0.4) is 0 Å². The number of carbonyl (C=O) groups is 3. The molecular weight excluding hydrogens is 415 g/mol. The van der Waals surface area contributed by atoms with E-state index in [2.05, 4.69) is 5.32 Å². The topological polar surface area (TPSA) is 85.6 Å². The minimum atomic E-state index is -4.65. The number of hydrogen-bond donors (Lipinski definition) is 1. The average molecular weight is 431 g/mol. The Hall–Kier alpha value is -3.88. The van der Waals surface area contributed by atoms with Crippen LogP contribution >= 0.6 is 0 Å². The Morgan fingerprint density at radius 1 is 0.968 bits per heavy atom. The van der Waals surface area contributed by atoms with Gasteiger partial charge in [-0.25, -0.2) is 4.79 Å². The van der Waals surface area contributed by atoms with Crippen molar-refractivity contribution in [3.05, 3.63) is 77.6 Å². The minimum Gasteiger partial charge on any atom is -0.450 e. The fourth-order valence-corrected chi connectivity index (χ4v) is 2.70. The molecule has 160 valence electrons. The van der Waals surface area contributed by atoms with Crippen molar-refractivity contribution in [1.29, 1.82) is 0 Å². The first-order valence-corrected chi connectivity index (χ1v) is 8.99. The number of carbonyl (C=O) groups excluding carboxylic acids is 3. The van der Waals surface area contributed by atoms with E-state index in [1.54, 1.807) is 24.3 Å². The number of furan rings is 1. The van der Waals surface area contributed by atoms with E-state index in [1.807, 2.05) is 0 Å². The van der Waals surface area contributed by atoms with E-state index >= 15 is 0 Å². The summed E-state index contributed by atoms with van der Waals surface area (Å²) in [5.74, 6) is -1.83. The second-order valence-corrected chi connectivity index (χ2v) is 6.47. The van der Waals surface area contributed by atoms with Crippen LogP contribution in [0.1, 0.15) is 33.4 Å². The first-order valence-electron chi connectivity index (χ1n) is 8.99. The largest absolute Gasteiger partial charge is 0.450 e. The van der Waals surface area contributed by atoms with Crippen LogP contribution in [0.15, 0.2) is 65.1 Å². The summed E-state index contributed by atoms with van der Waals surface area (Å²) in [6, 6.07) is 13.8. The van der Waals surface area contributed by atoms with Gasteiger partial charge >= 0.3 is 12.1 Å². The lowest BCUT2D eigenvalue weighted by molar-refractivity contribution is -0.137. The molecule has 0 saturated heterocycles. The highest BCUT2D eigenvalue weighted by atomic mass is 19.4. The molecule has 0 radical (unpaired) electrons. The molecule has 0 aliphatic carbocycles. The summed E-state index contributed by atoms with van der Waals surface area (Å²) in [5, 5.41) is 2.08. The van der Waals surface area contributed by atoms with Gasteiger partial charge in [0, 0.05) is 11.1 Å². The molecule has 0 unspecified atom stereocenters. The lowest BCUT2D eigenvalue weighted by atomic mass is 10.1. The number of alkyl halides is 3. The molecule has 1 aromatic heterocycles. The Morgan fingerprint density at radius 3 is 2.29 bits per heavy atom. The smallest absolute Gasteiger partial charge is 0.418 e. The summed E-state index contributed by atoms with van der Waals surface area (Å²) in [6.45, 7) is 0.641. The lowest BCUT2D eigenvalue weighted by Gasteiger charge is -2.13. The molecule has 9 heteroatoms. The highest BCUT2D eigenvalue weighted by Gasteiger charge is 2.33. The van der Waals surface area contributed by atoms with Crippen LogP contribution < -0.4 is 5.32 Å². The van der Waals surface area contributed by atoms with Crippen molar-refractivity contribution in [2.24, 2.45) is 0 Å². The number of para-hydroxylation sites is 1. The number of amides is 1. The molecule has 1 heterocycles. The third kappa shape index (κ3) is 5.39. The van der Waals surface area contributed by atoms with Gasteiger partial charge in [0.05, 0.1) is 11.3 Å². The third-order valence-electron chi connectivity index (χ3n) is 4.22. The van der Waals surface area contributed by atoms with E-state index in [0.29, 0.717) is 16.9 Å². The Morgan fingerprint density at radius 2 is 1.65 bits per heavy atom. The average Bonchev–Trinajstić information content (AvgIpc) is 3.22. The molecule has 1 amide bonds. The third-order valence-corrected chi connectivity index (χ3v) is 4.22. The van der Waals surface area contributed by atoms with Crippen molar-refractivity contribution in [3.63, 3.8) is 0 Å². The molecule has 0 aliphatic heterocycles. The molecule has 0 spiro atoms. The predicted octanol–water partition coefficient (Wildman–Crippen LogP) is 4.96. The van der Waals surface area contributed by atoms with E-state index in [9.17, 15) is 27.6 Å². The van der Waals surface area contributed by atoms with Crippen LogP contribution in [-0.2, 0) is 15.7 Å². The van der Waals surface area contributed by atoms with Gasteiger partial charge in [-0.3, -0.25) is 9.59 Å². The zero-order valence-electron chi connectivity index (χ0n) is 16.2. The van der Waals surface area contributed by atoms with Gasteiger partial charge in [-0.2, -0.15) is 13.2 Å². The van der Waals surface area contributed by atoms with Crippen LogP contribution in [0.2, 0.25) is 0 Å². The van der Waals surface area contributed by atoms with Crippen molar-refractivity contribution in [2.75, 3.05) is 11.9 Å². The molecule has 3 rings (SSSR count). The number of rotatable bonds is 6. The van der Waals surface area contributed by atoms with Crippen LogP contribution in [0, 0.1) is 0 Å². The van der Waals surface area contributed by atoms with Crippen molar-refractivity contribution < 1.29 is 36.7 Å². The number of Topliss-reactive ketones (excluding diaryl/α,β-unsaturated/α-hetero) is 1. The van der Waals surface area contributed by atoms with E-state index in [1.165, 1.54) is 31.2 Å². The second-order valence-electron chi connectivity index (χ2n) is 6.47. The number of hydrogen-bond acceptors (Lipinski definition) is 5. The molecule has 0 saturated carbocycles. The summed E-state index contributed by atoms with van der Waals surface area (Å²) < 4.78 is 49.1. The normalized spacial score (nSPS) is 11.1. The number of halogens is 3. The zero-order chi connectivity index (χ0) is 22.6. The summed E-state index contributed by atoms with van der Waals surface area (Å²) in [7, 11) is 0. The quantitative estimate of drug-likeness (QED) is 0.440. The minimum absolute atomic E-state index is 0.0913. The fourth-order valence-electron chi connectivity index (χ4n) is 2.70. The van der Waals surface area contributed by atoms with Gasteiger partial charge in [-0.05, 0) is 31.2 Å². The number of benzene rings is 2. The maximum Gasteiger partial charge on any atom is 0.418 e. The lowest BCUT2D eigenvalue weighted by Crippen LogP contribution is -2.22. The van der Waals surface area contributed by atoms with E-state index < -0.39 is 35.9 Å².